The fourth-order valence-electron chi connectivity index (χ4n) is 1.75. The largest absolute Gasteiger partial charge is 0.478 e. The molecular weight excluding hydrogens is 290 g/mol. The summed E-state index contributed by atoms with van der Waals surface area (Å²) in [6, 6.07) is 10.4. The van der Waals surface area contributed by atoms with Gasteiger partial charge in [0.2, 0.25) is 0 Å². The van der Waals surface area contributed by atoms with E-state index in [1.807, 2.05) is 0 Å². The predicted octanol–water partition coefficient (Wildman–Crippen LogP) is 4.31. The maximum atomic E-state index is 12.4. The van der Waals surface area contributed by atoms with Crippen LogP contribution < -0.4 is 4.74 Å². The van der Waals surface area contributed by atoms with E-state index < -0.39 is 12.6 Å². The lowest BCUT2D eigenvalue weighted by Crippen LogP contribution is -2.05. The van der Waals surface area contributed by atoms with Crippen molar-refractivity contribution in [2.24, 2.45) is 0 Å². The van der Waals surface area contributed by atoms with Crippen LogP contribution in [0, 0.1) is 0 Å². The van der Waals surface area contributed by atoms with Gasteiger partial charge in [-0.15, -0.1) is 0 Å². The molecule has 0 aliphatic carbocycles. The summed E-state index contributed by atoms with van der Waals surface area (Å²) in [5.41, 5.74) is 0.652. The van der Waals surface area contributed by atoms with Gasteiger partial charge in [-0.25, -0.2) is 4.79 Å². The van der Waals surface area contributed by atoms with Gasteiger partial charge in [-0.3, -0.25) is 0 Å². The fraction of sp³-hybridized carbons (Fsp3) is 0.0714. The number of hydrogen-bond acceptors (Lipinski definition) is 2. The number of aromatic carboxylic acids is 1. The first-order chi connectivity index (χ1) is 9.49. The fourth-order valence-corrected chi connectivity index (χ4v) is 1.99. The first-order valence-corrected chi connectivity index (χ1v) is 5.94. The maximum absolute atomic E-state index is 12.4. The molecule has 0 amide bonds. The van der Waals surface area contributed by atoms with E-state index in [2.05, 4.69) is 4.74 Å². The van der Waals surface area contributed by atoms with Crippen LogP contribution in [0.2, 0.25) is 5.02 Å². The first-order valence-electron chi connectivity index (χ1n) is 5.56. The summed E-state index contributed by atoms with van der Waals surface area (Å²) >= 11 is 6.01. The molecule has 2 rings (SSSR count). The Labute approximate surface area is 118 Å². The van der Waals surface area contributed by atoms with E-state index in [0.717, 1.165) is 6.07 Å². The molecule has 3 nitrogen and oxygen atoms in total. The molecule has 1 N–H and O–H groups in total. The Morgan fingerprint density at radius 3 is 2.45 bits per heavy atom. The molecule has 6 heteroatoms. The highest BCUT2D eigenvalue weighted by atomic mass is 35.5. The molecule has 0 aliphatic heterocycles. The molecule has 0 heterocycles. The molecule has 104 valence electrons. The molecule has 0 saturated carbocycles. The second-order valence-corrected chi connectivity index (χ2v) is 4.28. The van der Waals surface area contributed by atoms with Crippen LogP contribution in [0.1, 0.15) is 10.4 Å². The molecule has 0 atom stereocenters. The molecule has 20 heavy (non-hydrogen) atoms. The summed E-state index contributed by atoms with van der Waals surface area (Å²) in [5.74, 6) is -1.46. The zero-order valence-electron chi connectivity index (χ0n) is 10.0. The second kappa shape index (κ2) is 5.88. The standard InChI is InChI=1S/C14H9ClF2O3/c15-11-4-2-1-3-9(11)10-6-5-8(13(18)19)7-12(10)20-14(16)17/h1-7,14H,(H,18,19). The van der Waals surface area contributed by atoms with Gasteiger partial charge >= 0.3 is 12.6 Å². The number of carboxylic acids is 1. The van der Waals surface area contributed by atoms with Crippen molar-refractivity contribution >= 4 is 17.6 Å². The SMILES string of the molecule is O=C(O)c1ccc(-c2ccccc2Cl)c(OC(F)F)c1. The van der Waals surface area contributed by atoms with Crippen molar-refractivity contribution in [3.8, 4) is 16.9 Å². The van der Waals surface area contributed by atoms with Crippen LogP contribution in [0.3, 0.4) is 0 Å². The van der Waals surface area contributed by atoms with Gasteiger partial charge in [0.05, 0.1) is 5.56 Å². The molecular formula is C14H9ClF2O3. The number of rotatable bonds is 4. The van der Waals surface area contributed by atoms with Gasteiger partial charge in [0.25, 0.3) is 0 Å². The van der Waals surface area contributed by atoms with Crippen LogP contribution in [-0.4, -0.2) is 17.7 Å². The van der Waals surface area contributed by atoms with Crippen LogP contribution >= 0.6 is 11.6 Å². The van der Waals surface area contributed by atoms with Gasteiger partial charge in [0.1, 0.15) is 5.75 Å². The third-order valence-corrected chi connectivity index (χ3v) is 2.94. The Morgan fingerprint density at radius 1 is 1.15 bits per heavy atom. The Balaban J connectivity index is 2.57. The monoisotopic (exact) mass is 298 g/mol. The zero-order valence-corrected chi connectivity index (χ0v) is 10.8. The van der Waals surface area contributed by atoms with Gasteiger partial charge in [0.15, 0.2) is 0 Å². The highest BCUT2D eigenvalue weighted by molar-refractivity contribution is 6.33. The van der Waals surface area contributed by atoms with Gasteiger partial charge in [-0.05, 0) is 24.3 Å². The average Bonchev–Trinajstić information content (AvgIpc) is 2.39. The highest BCUT2D eigenvalue weighted by Gasteiger charge is 2.16. The number of carbonyl (C=O) groups is 1. The van der Waals surface area contributed by atoms with E-state index in [1.54, 1.807) is 24.3 Å². The summed E-state index contributed by atoms with van der Waals surface area (Å²) in [7, 11) is 0. The molecule has 0 aliphatic rings. The number of ether oxygens (including phenoxy) is 1. The smallest absolute Gasteiger partial charge is 0.387 e. The second-order valence-electron chi connectivity index (χ2n) is 3.87. The molecule has 0 aromatic heterocycles. The molecule has 0 radical (unpaired) electrons. The van der Waals surface area contributed by atoms with Crippen LogP contribution in [0.5, 0.6) is 5.75 Å². The van der Waals surface area contributed by atoms with E-state index in [9.17, 15) is 13.6 Å². The van der Waals surface area contributed by atoms with Crippen molar-refractivity contribution in [1.82, 2.24) is 0 Å². The van der Waals surface area contributed by atoms with Crippen molar-refractivity contribution < 1.29 is 23.4 Å². The molecule has 0 fully saturated rings. The third kappa shape index (κ3) is 3.05. The zero-order chi connectivity index (χ0) is 14.7. The average molecular weight is 299 g/mol. The molecule has 0 saturated heterocycles. The number of benzene rings is 2. The highest BCUT2D eigenvalue weighted by Crippen LogP contribution is 2.36. The van der Waals surface area contributed by atoms with Crippen molar-refractivity contribution in [2.45, 2.75) is 6.61 Å². The minimum absolute atomic E-state index is 0.142. The number of alkyl halides is 2. The third-order valence-electron chi connectivity index (χ3n) is 2.61. The van der Waals surface area contributed by atoms with Gasteiger partial charge in [0, 0.05) is 16.1 Å². The summed E-state index contributed by atoms with van der Waals surface area (Å²) in [4.78, 5) is 10.9. The van der Waals surface area contributed by atoms with E-state index >= 15 is 0 Å². The van der Waals surface area contributed by atoms with E-state index in [-0.39, 0.29) is 11.3 Å². The minimum atomic E-state index is -3.06. The predicted molar refractivity (Wildman–Crippen MR) is 70.5 cm³/mol. The van der Waals surface area contributed by atoms with Gasteiger partial charge < -0.3 is 9.84 Å². The first kappa shape index (κ1) is 14.3. The minimum Gasteiger partial charge on any atom is -0.478 e. The van der Waals surface area contributed by atoms with Gasteiger partial charge in [-0.2, -0.15) is 8.78 Å². The topological polar surface area (TPSA) is 46.5 Å². The lowest BCUT2D eigenvalue weighted by Gasteiger charge is -2.12. The van der Waals surface area contributed by atoms with Crippen molar-refractivity contribution in [3.05, 3.63) is 53.1 Å². The normalized spacial score (nSPS) is 10.6. The van der Waals surface area contributed by atoms with Crippen molar-refractivity contribution in [3.63, 3.8) is 0 Å². The van der Waals surface area contributed by atoms with Crippen LogP contribution in [0.4, 0.5) is 8.78 Å². The van der Waals surface area contributed by atoms with Crippen LogP contribution in [0.15, 0.2) is 42.5 Å². The lowest BCUT2D eigenvalue weighted by molar-refractivity contribution is -0.0495. The number of halogens is 3. The Hall–Kier alpha value is -2.14. The van der Waals surface area contributed by atoms with E-state index in [4.69, 9.17) is 16.7 Å². The Kier molecular flexibility index (Phi) is 4.20. The summed E-state index contributed by atoms with van der Waals surface area (Å²) < 4.78 is 29.3. The molecule has 0 bridgehead atoms. The summed E-state index contributed by atoms with van der Waals surface area (Å²) in [6.45, 7) is -3.06. The van der Waals surface area contributed by atoms with E-state index in [0.29, 0.717) is 16.1 Å². The van der Waals surface area contributed by atoms with E-state index in [1.165, 1.54) is 12.1 Å². The Bertz CT molecular complexity index is 644. The lowest BCUT2D eigenvalue weighted by atomic mass is 10.0. The molecule has 0 spiro atoms. The molecule has 2 aromatic carbocycles. The van der Waals surface area contributed by atoms with Gasteiger partial charge in [-0.1, -0.05) is 29.8 Å². The van der Waals surface area contributed by atoms with Crippen molar-refractivity contribution in [2.75, 3.05) is 0 Å². The number of carboxylic acid groups (broad SMARTS) is 1. The quantitative estimate of drug-likeness (QED) is 0.915. The summed E-state index contributed by atoms with van der Waals surface area (Å²) in [6.07, 6.45) is 0. The van der Waals surface area contributed by atoms with Crippen LogP contribution in [-0.2, 0) is 0 Å². The molecule has 0 unspecified atom stereocenters. The molecule has 2 aromatic rings. The maximum Gasteiger partial charge on any atom is 0.387 e. The number of hydrogen-bond donors (Lipinski definition) is 1. The summed E-state index contributed by atoms with van der Waals surface area (Å²) in [5, 5.41) is 9.25. The van der Waals surface area contributed by atoms with Crippen molar-refractivity contribution in [1.29, 1.82) is 0 Å². The Morgan fingerprint density at radius 2 is 1.85 bits per heavy atom. The van der Waals surface area contributed by atoms with Crippen LogP contribution in [0.25, 0.3) is 11.1 Å².